The fraction of sp³-hybridized carbons (Fsp3) is 0.227. The molecule has 0 saturated heterocycles. The summed E-state index contributed by atoms with van der Waals surface area (Å²) in [5, 5.41) is 4.94. The fourth-order valence-electron chi connectivity index (χ4n) is 3.09. The Morgan fingerprint density at radius 3 is 2.86 bits per heavy atom. The molecule has 0 radical (unpaired) electrons. The Balaban J connectivity index is 1.24. The van der Waals surface area contributed by atoms with Crippen LogP contribution in [0.15, 0.2) is 66.1 Å². The lowest BCUT2D eigenvalue weighted by molar-refractivity contribution is -0.118. The van der Waals surface area contributed by atoms with Crippen LogP contribution in [0.25, 0.3) is 15.9 Å². The molecule has 29 heavy (non-hydrogen) atoms. The van der Waals surface area contributed by atoms with Gasteiger partial charge in [0, 0.05) is 25.4 Å². The van der Waals surface area contributed by atoms with Crippen LogP contribution in [0.4, 0.5) is 0 Å². The van der Waals surface area contributed by atoms with E-state index in [1.807, 2.05) is 41.1 Å². The first kappa shape index (κ1) is 19.7. The molecule has 7 heteroatoms. The molecular formula is C22H22N4OS2. The first-order chi connectivity index (χ1) is 14.2. The van der Waals surface area contributed by atoms with E-state index in [2.05, 4.69) is 40.4 Å². The third kappa shape index (κ3) is 4.86. The standard InChI is InChI=1S/C22H22N4OS2/c1-16-7-2-4-9-18(16)26-14-13-24-22(26)28-15-20(27)23-12-6-11-21-25-17-8-3-5-10-19(17)29-21/h2-5,7-10,13-14H,6,11-12,15H2,1H3,(H,23,27). The number of carbonyl (C=O) groups is 1. The third-order valence-electron chi connectivity index (χ3n) is 4.54. The van der Waals surface area contributed by atoms with Gasteiger partial charge in [0.15, 0.2) is 5.16 Å². The molecule has 1 N–H and O–H groups in total. The third-order valence-corrected chi connectivity index (χ3v) is 6.60. The van der Waals surface area contributed by atoms with E-state index < -0.39 is 0 Å². The largest absolute Gasteiger partial charge is 0.355 e. The predicted octanol–water partition coefficient (Wildman–Crippen LogP) is 4.63. The van der Waals surface area contributed by atoms with Crippen molar-refractivity contribution >= 4 is 39.2 Å². The highest BCUT2D eigenvalue weighted by Crippen LogP contribution is 2.23. The zero-order valence-corrected chi connectivity index (χ0v) is 17.8. The van der Waals surface area contributed by atoms with E-state index in [9.17, 15) is 4.79 Å². The Bertz CT molecular complexity index is 1090. The number of rotatable bonds is 8. The molecule has 1 amide bonds. The van der Waals surface area contributed by atoms with E-state index in [1.165, 1.54) is 22.0 Å². The first-order valence-corrected chi connectivity index (χ1v) is 11.3. The van der Waals surface area contributed by atoms with Gasteiger partial charge >= 0.3 is 0 Å². The number of fused-ring (bicyclic) bond motifs is 1. The molecule has 0 atom stereocenters. The van der Waals surface area contributed by atoms with Crippen LogP contribution in [0, 0.1) is 6.92 Å². The Labute approximate surface area is 178 Å². The number of thiazole rings is 1. The van der Waals surface area contributed by atoms with Gasteiger partial charge in [0.1, 0.15) is 0 Å². The molecule has 0 aliphatic rings. The number of para-hydroxylation sites is 2. The van der Waals surface area contributed by atoms with Crippen LogP contribution in [-0.4, -0.2) is 32.7 Å². The number of amides is 1. The van der Waals surface area contributed by atoms with Crippen molar-refractivity contribution in [1.82, 2.24) is 19.9 Å². The summed E-state index contributed by atoms with van der Waals surface area (Å²) in [4.78, 5) is 21.3. The van der Waals surface area contributed by atoms with Gasteiger partial charge in [-0.1, -0.05) is 42.1 Å². The van der Waals surface area contributed by atoms with Gasteiger partial charge in [-0.3, -0.25) is 9.36 Å². The van der Waals surface area contributed by atoms with E-state index in [1.54, 1.807) is 17.5 Å². The number of imidazole rings is 1. The van der Waals surface area contributed by atoms with Crippen molar-refractivity contribution in [1.29, 1.82) is 0 Å². The molecule has 148 valence electrons. The van der Waals surface area contributed by atoms with Crippen LogP contribution >= 0.6 is 23.1 Å². The Hall–Kier alpha value is -2.64. The second-order valence-electron chi connectivity index (χ2n) is 6.68. The van der Waals surface area contributed by atoms with Gasteiger partial charge in [-0.2, -0.15) is 0 Å². The number of hydrogen-bond donors (Lipinski definition) is 1. The molecule has 5 nitrogen and oxygen atoms in total. The normalized spacial score (nSPS) is 11.1. The predicted molar refractivity (Wildman–Crippen MR) is 120 cm³/mol. The number of aromatic nitrogens is 3. The van der Waals surface area contributed by atoms with E-state index in [4.69, 9.17) is 0 Å². The molecule has 2 heterocycles. The maximum atomic E-state index is 12.2. The molecule has 0 aliphatic carbocycles. The van der Waals surface area contributed by atoms with Crippen LogP contribution in [0.5, 0.6) is 0 Å². The summed E-state index contributed by atoms with van der Waals surface area (Å²) < 4.78 is 3.24. The number of thioether (sulfide) groups is 1. The molecule has 0 aliphatic heterocycles. The van der Waals surface area contributed by atoms with E-state index >= 15 is 0 Å². The summed E-state index contributed by atoms with van der Waals surface area (Å²) in [7, 11) is 0. The van der Waals surface area contributed by atoms with Gasteiger partial charge in [0.25, 0.3) is 0 Å². The monoisotopic (exact) mass is 422 g/mol. The molecule has 0 fully saturated rings. The first-order valence-electron chi connectivity index (χ1n) is 9.54. The van der Waals surface area contributed by atoms with Crippen LogP contribution < -0.4 is 5.32 Å². The van der Waals surface area contributed by atoms with E-state index in [-0.39, 0.29) is 5.91 Å². The molecule has 2 aromatic carbocycles. The molecule has 0 spiro atoms. The van der Waals surface area contributed by atoms with Crippen molar-refractivity contribution in [2.24, 2.45) is 0 Å². The van der Waals surface area contributed by atoms with Crippen molar-refractivity contribution in [3.63, 3.8) is 0 Å². The molecule has 4 aromatic rings. The van der Waals surface area contributed by atoms with Crippen molar-refractivity contribution in [3.8, 4) is 5.69 Å². The zero-order chi connectivity index (χ0) is 20.1. The average Bonchev–Trinajstić information content (AvgIpc) is 3.36. The second kappa shape index (κ2) is 9.24. The lowest BCUT2D eigenvalue weighted by Gasteiger charge is -2.10. The summed E-state index contributed by atoms with van der Waals surface area (Å²) in [5.74, 6) is 0.378. The minimum absolute atomic E-state index is 0.0265. The Kier molecular flexibility index (Phi) is 6.27. The van der Waals surface area contributed by atoms with Gasteiger partial charge in [-0.25, -0.2) is 9.97 Å². The minimum atomic E-state index is 0.0265. The van der Waals surface area contributed by atoms with Crippen molar-refractivity contribution in [2.75, 3.05) is 12.3 Å². The van der Waals surface area contributed by atoms with Crippen LogP contribution in [0.2, 0.25) is 0 Å². The smallest absolute Gasteiger partial charge is 0.230 e. The summed E-state index contributed by atoms with van der Waals surface area (Å²) in [6.45, 7) is 2.73. The lowest BCUT2D eigenvalue weighted by atomic mass is 10.2. The lowest BCUT2D eigenvalue weighted by Crippen LogP contribution is -2.26. The summed E-state index contributed by atoms with van der Waals surface area (Å²) >= 11 is 3.18. The number of nitrogens with one attached hydrogen (secondary N) is 1. The van der Waals surface area contributed by atoms with Gasteiger partial charge in [-0.05, 0) is 37.1 Å². The highest BCUT2D eigenvalue weighted by atomic mass is 32.2. The zero-order valence-electron chi connectivity index (χ0n) is 16.2. The van der Waals surface area contributed by atoms with Crippen LogP contribution in [-0.2, 0) is 11.2 Å². The molecular weight excluding hydrogens is 400 g/mol. The summed E-state index contributed by atoms with van der Waals surface area (Å²) in [5.41, 5.74) is 3.31. The SMILES string of the molecule is Cc1ccccc1-n1ccnc1SCC(=O)NCCCc1nc2ccccc2s1. The molecule has 4 rings (SSSR count). The van der Waals surface area contributed by atoms with Crippen LogP contribution in [0.1, 0.15) is 17.0 Å². The number of carbonyl (C=O) groups excluding carboxylic acids is 1. The van der Waals surface area contributed by atoms with Crippen molar-refractivity contribution in [3.05, 3.63) is 71.5 Å². The molecule has 2 aromatic heterocycles. The van der Waals surface area contributed by atoms with Crippen molar-refractivity contribution in [2.45, 2.75) is 24.9 Å². The van der Waals surface area contributed by atoms with E-state index in [0.29, 0.717) is 12.3 Å². The number of nitrogens with zero attached hydrogens (tertiary/aromatic N) is 3. The van der Waals surface area contributed by atoms with Gasteiger partial charge < -0.3 is 5.32 Å². The summed E-state index contributed by atoms with van der Waals surface area (Å²) in [6.07, 6.45) is 5.46. The molecule has 0 saturated carbocycles. The van der Waals surface area contributed by atoms with Crippen LogP contribution in [0.3, 0.4) is 0 Å². The van der Waals surface area contributed by atoms with E-state index in [0.717, 1.165) is 34.2 Å². The Morgan fingerprint density at radius 1 is 1.17 bits per heavy atom. The fourth-order valence-corrected chi connectivity index (χ4v) is 4.89. The maximum absolute atomic E-state index is 12.2. The van der Waals surface area contributed by atoms with Gasteiger partial charge in [-0.15, -0.1) is 11.3 Å². The number of hydrogen-bond acceptors (Lipinski definition) is 5. The number of benzene rings is 2. The molecule has 0 bridgehead atoms. The number of aryl methyl sites for hydroxylation is 2. The maximum Gasteiger partial charge on any atom is 0.230 e. The second-order valence-corrected chi connectivity index (χ2v) is 8.74. The van der Waals surface area contributed by atoms with Crippen molar-refractivity contribution < 1.29 is 4.79 Å². The highest BCUT2D eigenvalue weighted by Gasteiger charge is 2.10. The Morgan fingerprint density at radius 2 is 2.00 bits per heavy atom. The van der Waals surface area contributed by atoms with Gasteiger partial charge in [0.05, 0.1) is 26.7 Å². The topological polar surface area (TPSA) is 59.8 Å². The van der Waals surface area contributed by atoms with Gasteiger partial charge in [0.2, 0.25) is 5.91 Å². The quantitative estimate of drug-likeness (QED) is 0.332. The summed E-state index contributed by atoms with van der Waals surface area (Å²) in [6, 6.07) is 16.3. The average molecular weight is 423 g/mol. The molecule has 0 unspecified atom stereocenters. The minimum Gasteiger partial charge on any atom is -0.355 e. The highest BCUT2D eigenvalue weighted by molar-refractivity contribution is 7.99.